The number of carbonyl (C=O) groups excluding carboxylic acids is 1. The molecule has 1 fully saturated rings. The number of hydrogen-bond donors (Lipinski definition) is 1. The van der Waals surface area contributed by atoms with Crippen molar-refractivity contribution >= 4 is 22.3 Å². The van der Waals surface area contributed by atoms with Crippen molar-refractivity contribution in [3.8, 4) is 11.1 Å². The van der Waals surface area contributed by atoms with Crippen LogP contribution in [0.2, 0.25) is 0 Å². The van der Waals surface area contributed by atoms with Crippen LogP contribution < -0.4 is 5.73 Å². The fourth-order valence-electron chi connectivity index (χ4n) is 4.25. The summed E-state index contributed by atoms with van der Waals surface area (Å²) in [4.78, 5) is 16.1. The molecule has 0 amide bonds. The highest BCUT2D eigenvalue weighted by Gasteiger charge is 2.26. The minimum absolute atomic E-state index is 0.334. The van der Waals surface area contributed by atoms with Gasteiger partial charge in [0, 0.05) is 17.0 Å². The van der Waals surface area contributed by atoms with Crippen molar-refractivity contribution in [1.82, 2.24) is 4.90 Å². The predicted molar refractivity (Wildman–Crippen MR) is 107 cm³/mol. The first-order chi connectivity index (χ1) is 12.7. The summed E-state index contributed by atoms with van der Waals surface area (Å²) in [5.74, 6) is -0.334. The number of nitrogen functional groups attached to an aromatic ring is 1. The second-order valence-corrected chi connectivity index (χ2v) is 8.44. The SMILES string of the molecule is COC(=O)c1c(N)sc(CN2CCCC2)c1-c1ccc2c(c1)CCCC2. The average molecular weight is 371 g/mol. The number of fused-ring (bicyclic) bond motifs is 1. The molecule has 0 saturated carbocycles. The summed E-state index contributed by atoms with van der Waals surface area (Å²) in [6, 6.07) is 6.67. The molecule has 1 aliphatic heterocycles. The summed E-state index contributed by atoms with van der Waals surface area (Å²) in [6.45, 7) is 3.10. The largest absolute Gasteiger partial charge is 0.465 e. The molecule has 26 heavy (non-hydrogen) atoms. The molecule has 1 aromatic carbocycles. The number of ether oxygens (including phenoxy) is 1. The van der Waals surface area contributed by atoms with Gasteiger partial charge in [-0.05, 0) is 68.3 Å². The number of anilines is 1. The van der Waals surface area contributed by atoms with Crippen LogP contribution in [-0.2, 0) is 24.1 Å². The maximum absolute atomic E-state index is 12.5. The van der Waals surface area contributed by atoms with Crippen molar-refractivity contribution in [3.05, 3.63) is 39.8 Å². The fourth-order valence-corrected chi connectivity index (χ4v) is 5.37. The van der Waals surface area contributed by atoms with Gasteiger partial charge in [0.25, 0.3) is 0 Å². The van der Waals surface area contributed by atoms with Crippen molar-refractivity contribution < 1.29 is 9.53 Å². The minimum Gasteiger partial charge on any atom is -0.465 e. The summed E-state index contributed by atoms with van der Waals surface area (Å²) in [6.07, 6.45) is 7.29. The third kappa shape index (κ3) is 3.26. The molecule has 1 saturated heterocycles. The highest BCUT2D eigenvalue weighted by atomic mass is 32.1. The Balaban J connectivity index is 1.80. The minimum atomic E-state index is -0.334. The summed E-state index contributed by atoms with van der Waals surface area (Å²) in [5.41, 5.74) is 11.8. The molecule has 0 radical (unpaired) electrons. The standard InChI is InChI=1S/C21H26N2O2S/c1-25-21(24)19-18(16-9-8-14-6-2-3-7-15(14)12-16)17(26-20(19)22)13-23-10-4-5-11-23/h8-9,12H,2-7,10-11,13,22H2,1H3. The number of nitrogens with two attached hydrogens (primary N) is 1. The van der Waals surface area contributed by atoms with E-state index in [1.54, 1.807) is 0 Å². The smallest absolute Gasteiger partial charge is 0.341 e. The highest BCUT2D eigenvalue weighted by Crippen LogP contribution is 2.41. The second-order valence-electron chi connectivity index (χ2n) is 7.30. The van der Waals surface area contributed by atoms with Crippen LogP contribution in [-0.4, -0.2) is 31.1 Å². The molecule has 4 rings (SSSR count). The lowest BCUT2D eigenvalue weighted by Gasteiger charge is -2.18. The number of methoxy groups -OCH3 is 1. The predicted octanol–water partition coefficient (Wildman–Crippen LogP) is 4.26. The van der Waals surface area contributed by atoms with Crippen LogP contribution in [0.25, 0.3) is 11.1 Å². The van der Waals surface area contributed by atoms with Gasteiger partial charge in [0.1, 0.15) is 10.6 Å². The number of likely N-dealkylation sites (tertiary alicyclic amines) is 1. The Hall–Kier alpha value is -1.85. The first kappa shape index (κ1) is 17.6. The van der Waals surface area contributed by atoms with Crippen LogP contribution >= 0.6 is 11.3 Å². The number of thiophene rings is 1. The quantitative estimate of drug-likeness (QED) is 0.817. The van der Waals surface area contributed by atoms with E-state index in [1.165, 1.54) is 60.1 Å². The zero-order chi connectivity index (χ0) is 18.1. The van der Waals surface area contributed by atoms with Gasteiger partial charge >= 0.3 is 5.97 Å². The van der Waals surface area contributed by atoms with Gasteiger partial charge in [-0.3, -0.25) is 4.90 Å². The Kier molecular flexibility index (Phi) is 5.00. The maximum Gasteiger partial charge on any atom is 0.341 e. The zero-order valence-electron chi connectivity index (χ0n) is 15.3. The molecule has 1 aliphatic carbocycles. The Morgan fingerprint density at radius 1 is 1.15 bits per heavy atom. The number of rotatable bonds is 4. The van der Waals surface area contributed by atoms with E-state index in [0.717, 1.165) is 43.6 Å². The molecule has 0 spiro atoms. The molecule has 0 bridgehead atoms. The maximum atomic E-state index is 12.5. The highest BCUT2D eigenvalue weighted by molar-refractivity contribution is 7.17. The molecule has 2 aliphatic rings. The summed E-state index contributed by atoms with van der Waals surface area (Å²) in [7, 11) is 1.43. The third-order valence-corrected chi connectivity index (χ3v) is 6.60. The summed E-state index contributed by atoms with van der Waals surface area (Å²) < 4.78 is 5.05. The Labute approximate surface area is 159 Å². The molecule has 2 heterocycles. The molecule has 5 heteroatoms. The molecular weight excluding hydrogens is 344 g/mol. The van der Waals surface area contributed by atoms with Crippen LogP contribution in [0.4, 0.5) is 5.00 Å². The van der Waals surface area contributed by atoms with E-state index in [0.29, 0.717) is 10.6 Å². The Bertz CT molecular complexity index is 822. The molecule has 1 aromatic heterocycles. The number of aryl methyl sites for hydroxylation is 2. The Morgan fingerprint density at radius 3 is 2.62 bits per heavy atom. The van der Waals surface area contributed by atoms with E-state index in [-0.39, 0.29) is 5.97 Å². The normalized spacial score (nSPS) is 17.3. The molecule has 138 valence electrons. The van der Waals surface area contributed by atoms with Gasteiger partial charge in [-0.2, -0.15) is 0 Å². The van der Waals surface area contributed by atoms with Crippen molar-refractivity contribution in [1.29, 1.82) is 0 Å². The lowest BCUT2D eigenvalue weighted by Crippen LogP contribution is -2.18. The van der Waals surface area contributed by atoms with Crippen LogP contribution in [0, 0.1) is 0 Å². The van der Waals surface area contributed by atoms with Gasteiger partial charge in [0.15, 0.2) is 0 Å². The summed E-state index contributed by atoms with van der Waals surface area (Å²) in [5, 5.41) is 0.568. The molecule has 2 N–H and O–H groups in total. The van der Waals surface area contributed by atoms with E-state index in [4.69, 9.17) is 10.5 Å². The van der Waals surface area contributed by atoms with Gasteiger partial charge in [0.05, 0.1) is 7.11 Å². The van der Waals surface area contributed by atoms with E-state index in [9.17, 15) is 4.79 Å². The molecule has 0 unspecified atom stereocenters. The lowest BCUT2D eigenvalue weighted by atomic mass is 9.88. The number of carbonyl (C=O) groups is 1. The topological polar surface area (TPSA) is 55.6 Å². The van der Waals surface area contributed by atoms with Gasteiger partial charge < -0.3 is 10.5 Å². The average Bonchev–Trinajstić information content (AvgIpc) is 3.28. The van der Waals surface area contributed by atoms with Gasteiger partial charge in [-0.1, -0.05) is 18.2 Å². The summed E-state index contributed by atoms with van der Waals surface area (Å²) >= 11 is 1.54. The number of hydrogen-bond acceptors (Lipinski definition) is 5. The molecule has 0 atom stereocenters. The number of esters is 1. The Morgan fingerprint density at radius 2 is 1.88 bits per heavy atom. The third-order valence-electron chi connectivity index (χ3n) is 5.60. The number of nitrogens with zero attached hydrogens (tertiary/aromatic N) is 1. The van der Waals surface area contributed by atoms with Gasteiger partial charge in [0.2, 0.25) is 0 Å². The van der Waals surface area contributed by atoms with Gasteiger partial charge in [-0.25, -0.2) is 4.79 Å². The van der Waals surface area contributed by atoms with Crippen molar-refractivity contribution in [3.63, 3.8) is 0 Å². The van der Waals surface area contributed by atoms with E-state index in [2.05, 4.69) is 23.1 Å². The zero-order valence-corrected chi connectivity index (χ0v) is 16.2. The first-order valence-electron chi connectivity index (χ1n) is 9.51. The number of benzene rings is 1. The molecular formula is C21H26N2O2S. The van der Waals surface area contributed by atoms with Crippen molar-refractivity contribution in [2.75, 3.05) is 25.9 Å². The lowest BCUT2D eigenvalue weighted by molar-refractivity contribution is 0.0603. The second kappa shape index (κ2) is 7.41. The van der Waals surface area contributed by atoms with Crippen molar-refractivity contribution in [2.24, 2.45) is 0 Å². The fraction of sp³-hybridized carbons (Fsp3) is 0.476. The van der Waals surface area contributed by atoms with E-state index in [1.807, 2.05) is 0 Å². The van der Waals surface area contributed by atoms with Gasteiger partial charge in [-0.15, -0.1) is 11.3 Å². The molecule has 2 aromatic rings. The van der Waals surface area contributed by atoms with Crippen LogP contribution in [0.5, 0.6) is 0 Å². The van der Waals surface area contributed by atoms with Crippen LogP contribution in [0.15, 0.2) is 18.2 Å². The van der Waals surface area contributed by atoms with E-state index < -0.39 is 0 Å². The first-order valence-corrected chi connectivity index (χ1v) is 10.3. The van der Waals surface area contributed by atoms with Crippen LogP contribution in [0.3, 0.4) is 0 Å². The van der Waals surface area contributed by atoms with E-state index >= 15 is 0 Å². The molecule has 4 nitrogen and oxygen atoms in total. The van der Waals surface area contributed by atoms with Crippen molar-refractivity contribution in [2.45, 2.75) is 45.1 Å². The monoisotopic (exact) mass is 370 g/mol. The van der Waals surface area contributed by atoms with Crippen LogP contribution in [0.1, 0.15) is 52.0 Å².